The van der Waals surface area contributed by atoms with Crippen molar-refractivity contribution in [3.05, 3.63) is 66.0 Å². The third-order valence-electron chi connectivity index (χ3n) is 4.74. The predicted molar refractivity (Wildman–Crippen MR) is 106 cm³/mol. The molecule has 2 aromatic carbocycles. The third kappa shape index (κ3) is 5.78. The summed E-state index contributed by atoms with van der Waals surface area (Å²) in [7, 11) is 0. The van der Waals surface area contributed by atoms with Crippen molar-refractivity contribution in [2.24, 2.45) is 0 Å². The monoisotopic (exact) mass is 398 g/mol. The van der Waals surface area contributed by atoms with Crippen LogP contribution in [0.4, 0.5) is 10.1 Å². The molecule has 0 spiro atoms. The molecule has 3 rings (SSSR count). The van der Waals surface area contributed by atoms with E-state index >= 15 is 0 Å². The van der Waals surface area contributed by atoms with E-state index in [0.29, 0.717) is 13.1 Å². The molecule has 0 radical (unpaired) electrons. The smallest absolute Gasteiger partial charge is 0.269 e. The van der Waals surface area contributed by atoms with Crippen molar-refractivity contribution in [3.8, 4) is 0 Å². The van der Waals surface area contributed by atoms with Crippen molar-refractivity contribution in [3.63, 3.8) is 0 Å². The Hall–Kier alpha value is -3.42. The highest BCUT2D eigenvalue weighted by molar-refractivity contribution is 5.95. The second-order valence-corrected chi connectivity index (χ2v) is 6.71. The zero-order chi connectivity index (χ0) is 20.6. The average molecular weight is 398 g/mol. The molecule has 1 heterocycles. The number of piperazine rings is 1. The Balaban J connectivity index is 1.36. The number of nitrogens with zero attached hydrogens (tertiary/aromatic N) is 2. The molecule has 0 aromatic heterocycles. The van der Waals surface area contributed by atoms with Crippen molar-refractivity contribution >= 4 is 23.4 Å². The minimum absolute atomic E-state index is 0.0264. The number of hydrogen-bond acceptors (Lipinski definition) is 4. The van der Waals surface area contributed by atoms with E-state index in [0.717, 1.165) is 30.9 Å². The largest absolute Gasteiger partial charge is 0.368 e. The Morgan fingerprint density at radius 2 is 1.48 bits per heavy atom. The van der Waals surface area contributed by atoms with Crippen molar-refractivity contribution in [2.45, 2.75) is 12.8 Å². The summed E-state index contributed by atoms with van der Waals surface area (Å²) in [6, 6.07) is 15.0. The second-order valence-electron chi connectivity index (χ2n) is 6.71. The molecule has 0 bridgehead atoms. The zero-order valence-corrected chi connectivity index (χ0v) is 15.9. The number of anilines is 1. The molecule has 0 atom stereocenters. The molecule has 0 aliphatic carbocycles. The Morgan fingerprint density at radius 3 is 2.14 bits per heavy atom. The summed E-state index contributed by atoms with van der Waals surface area (Å²) in [4.78, 5) is 40.1. The van der Waals surface area contributed by atoms with Crippen LogP contribution in [-0.2, 0) is 9.59 Å². The van der Waals surface area contributed by atoms with E-state index in [1.165, 1.54) is 12.1 Å². The molecule has 1 fully saturated rings. The first-order valence-corrected chi connectivity index (χ1v) is 9.45. The summed E-state index contributed by atoms with van der Waals surface area (Å²) < 4.78 is 12.9. The molecule has 0 unspecified atom stereocenters. The summed E-state index contributed by atoms with van der Waals surface area (Å²) in [5.41, 5.74) is 5.88. The lowest BCUT2D eigenvalue weighted by Gasteiger charge is -2.36. The Labute approximate surface area is 168 Å². The van der Waals surface area contributed by atoms with Crippen LogP contribution in [0.1, 0.15) is 23.2 Å². The molecule has 1 aliphatic heterocycles. The lowest BCUT2D eigenvalue weighted by Crippen LogP contribution is -2.49. The zero-order valence-electron chi connectivity index (χ0n) is 15.9. The number of hydrazine groups is 1. The van der Waals surface area contributed by atoms with Crippen LogP contribution in [0.15, 0.2) is 54.6 Å². The maximum Gasteiger partial charge on any atom is 0.269 e. The van der Waals surface area contributed by atoms with E-state index in [1.807, 2.05) is 30.3 Å². The van der Waals surface area contributed by atoms with Crippen LogP contribution >= 0.6 is 0 Å². The normalized spacial score (nSPS) is 13.7. The summed E-state index contributed by atoms with van der Waals surface area (Å²) >= 11 is 0. The first-order valence-electron chi connectivity index (χ1n) is 9.45. The first-order chi connectivity index (χ1) is 14.0. The Kier molecular flexibility index (Phi) is 6.78. The van der Waals surface area contributed by atoms with Crippen molar-refractivity contribution in [1.82, 2.24) is 15.8 Å². The molecule has 3 amide bonds. The number of nitrogens with one attached hydrogen (secondary N) is 2. The van der Waals surface area contributed by atoms with Crippen LogP contribution in [-0.4, -0.2) is 48.8 Å². The summed E-state index contributed by atoms with van der Waals surface area (Å²) in [6.45, 7) is 2.71. The van der Waals surface area contributed by atoms with Gasteiger partial charge in [0.1, 0.15) is 5.82 Å². The van der Waals surface area contributed by atoms with Crippen LogP contribution in [0.2, 0.25) is 0 Å². The van der Waals surface area contributed by atoms with E-state index in [1.54, 1.807) is 4.90 Å². The number of amides is 3. The van der Waals surface area contributed by atoms with Gasteiger partial charge in [0.2, 0.25) is 11.8 Å². The van der Waals surface area contributed by atoms with E-state index < -0.39 is 17.6 Å². The summed E-state index contributed by atoms with van der Waals surface area (Å²) in [5.74, 6) is -1.55. The van der Waals surface area contributed by atoms with Crippen molar-refractivity contribution < 1.29 is 18.8 Å². The highest BCUT2D eigenvalue weighted by atomic mass is 19.1. The molecule has 29 heavy (non-hydrogen) atoms. The first kappa shape index (κ1) is 20.3. The van der Waals surface area contributed by atoms with Crippen LogP contribution < -0.4 is 15.8 Å². The Bertz CT molecular complexity index is 850. The third-order valence-corrected chi connectivity index (χ3v) is 4.74. The number of carbonyl (C=O) groups is 3. The molecule has 8 heteroatoms. The van der Waals surface area contributed by atoms with Gasteiger partial charge in [-0.1, -0.05) is 18.2 Å². The maximum absolute atomic E-state index is 12.9. The number of benzene rings is 2. The van der Waals surface area contributed by atoms with Crippen LogP contribution in [0.5, 0.6) is 0 Å². The minimum atomic E-state index is -0.554. The molecule has 1 aliphatic rings. The van der Waals surface area contributed by atoms with Gasteiger partial charge >= 0.3 is 0 Å². The number of carbonyl (C=O) groups excluding carboxylic acids is 3. The molecular weight excluding hydrogens is 375 g/mol. The van der Waals surface area contributed by atoms with Gasteiger partial charge in [0.25, 0.3) is 5.91 Å². The average Bonchev–Trinajstić information content (AvgIpc) is 2.77. The maximum atomic E-state index is 12.9. The summed E-state index contributed by atoms with van der Waals surface area (Å²) in [5, 5.41) is 0. The lowest BCUT2D eigenvalue weighted by atomic mass is 10.2. The standard InChI is InChI=1S/C21H23FN4O3/c22-17-8-6-16(7-9-17)21(29)24-23-19(27)10-11-20(28)26-14-12-25(13-15-26)18-4-2-1-3-5-18/h1-9H,10-15H2,(H,23,27)(H,24,29). The van der Waals surface area contributed by atoms with Gasteiger partial charge < -0.3 is 9.80 Å². The molecule has 2 N–H and O–H groups in total. The molecule has 7 nitrogen and oxygen atoms in total. The van der Waals surface area contributed by atoms with Gasteiger partial charge in [0.05, 0.1) is 0 Å². The van der Waals surface area contributed by atoms with Crippen molar-refractivity contribution in [1.29, 1.82) is 0 Å². The number of rotatable bonds is 5. The lowest BCUT2D eigenvalue weighted by molar-refractivity contribution is -0.134. The van der Waals surface area contributed by atoms with Gasteiger partial charge in [-0.15, -0.1) is 0 Å². The molecule has 0 saturated carbocycles. The molecule has 152 valence electrons. The fourth-order valence-corrected chi connectivity index (χ4v) is 3.09. The topological polar surface area (TPSA) is 81.8 Å². The summed E-state index contributed by atoms with van der Waals surface area (Å²) in [6.07, 6.45) is 0.0466. The molecule has 1 saturated heterocycles. The van der Waals surface area contributed by atoms with Gasteiger partial charge in [-0.2, -0.15) is 0 Å². The van der Waals surface area contributed by atoms with Gasteiger partial charge in [-0.05, 0) is 36.4 Å². The van der Waals surface area contributed by atoms with E-state index in [9.17, 15) is 18.8 Å². The SMILES string of the molecule is O=C(CCC(=O)N1CCN(c2ccccc2)CC1)NNC(=O)c1ccc(F)cc1. The van der Waals surface area contributed by atoms with Gasteiger partial charge in [0.15, 0.2) is 0 Å². The number of halogens is 1. The quantitative estimate of drug-likeness (QED) is 0.752. The number of hydrogen-bond donors (Lipinski definition) is 2. The highest BCUT2D eigenvalue weighted by Gasteiger charge is 2.21. The minimum Gasteiger partial charge on any atom is -0.368 e. The van der Waals surface area contributed by atoms with Crippen LogP contribution in [0.3, 0.4) is 0 Å². The van der Waals surface area contributed by atoms with Crippen LogP contribution in [0.25, 0.3) is 0 Å². The molecular formula is C21H23FN4O3. The fraction of sp³-hybridized carbons (Fsp3) is 0.286. The second kappa shape index (κ2) is 9.68. The number of para-hydroxylation sites is 1. The van der Waals surface area contributed by atoms with Gasteiger partial charge in [-0.3, -0.25) is 25.2 Å². The predicted octanol–water partition coefficient (Wildman–Crippen LogP) is 1.72. The molecule has 2 aromatic rings. The van der Waals surface area contributed by atoms with Gasteiger partial charge in [0, 0.05) is 50.3 Å². The van der Waals surface area contributed by atoms with E-state index in [4.69, 9.17) is 0 Å². The Morgan fingerprint density at radius 1 is 0.828 bits per heavy atom. The highest BCUT2D eigenvalue weighted by Crippen LogP contribution is 2.16. The fourth-order valence-electron chi connectivity index (χ4n) is 3.09. The van der Waals surface area contributed by atoms with Crippen molar-refractivity contribution in [2.75, 3.05) is 31.1 Å². The van der Waals surface area contributed by atoms with E-state index in [-0.39, 0.29) is 24.3 Å². The van der Waals surface area contributed by atoms with Crippen LogP contribution in [0, 0.1) is 5.82 Å². The van der Waals surface area contributed by atoms with E-state index in [2.05, 4.69) is 15.8 Å². The van der Waals surface area contributed by atoms with Gasteiger partial charge in [-0.25, -0.2) is 4.39 Å².